The summed E-state index contributed by atoms with van der Waals surface area (Å²) in [5.41, 5.74) is 2.67. The molecule has 0 spiro atoms. The van der Waals surface area contributed by atoms with Crippen molar-refractivity contribution in [1.29, 1.82) is 5.26 Å². The van der Waals surface area contributed by atoms with Crippen LogP contribution < -0.4 is 0 Å². The smallest absolute Gasteiger partial charge is 0.0868 e. The van der Waals surface area contributed by atoms with E-state index in [2.05, 4.69) is 17.9 Å². The average Bonchev–Trinajstić information content (AvgIpc) is 2.05. The minimum Gasteiger partial charge on any atom is -0.287 e. The van der Waals surface area contributed by atoms with E-state index in [1.54, 1.807) is 5.54 Å². The highest BCUT2D eigenvalue weighted by Gasteiger charge is 2.02. The molecule has 0 aromatic carbocycles. The number of halogens is 1. The molecule has 0 N–H and O–H groups in total. The molecule has 0 amide bonds. The van der Waals surface area contributed by atoms with Gasteiger partial charge in [0.2, 0.25) is 0 Å². The molecule has 0 unspecified atom stereocenters. The van der Waals surface area contributed by atoms with E-state index in [1.807, 2.05) is 6.92 Å². The number of nitriles is 1. The molecule has 68 valence electrons. The molecule has 3 heteroatoms. The molecule has 0 aromatic rings. The van der Waals surface area contributed by atoms with Gasteiger partial charge in [0.15, 0.2) is 0 Å². The number of nitrogens with zero attached hydrogens (tertiary/aromatic N) is 2. The molecular weight excluding hydrogens is 172 g/mol. The monoisotopic (exact) mass is 186 g/mol. The summed E-state index contributed by atoms with van der Waals surface area (Å²) in [6.07, 6.45) is 1.07. The Morgan fingerprint density at radius 3 is 2.75 bits per heavy atom. The van der Waals surface area contributed by atoms with Gasteiger partial charge >= 0.3 is 0 Å². The molecule has 0 fully saturated rings. The number of hydrogen-bond acceptors (Lipinski definition) is 2. The first kappa shape index (κ1) is 11.5. The molecule has 0 atom stereocenters. The molecule has 0 saturated heterocycles. The van der Waals surface area contributed by atoms with Crippen molar-refractivity contribution in [3.05, 3.63) is 11.1 Å². The van der Waals surface area contributed by atoms with Crippen molar-refractivity contribution in [3.8, 4) is 6.07 Å². The van der Waals surface area contributed by atoms with Gasteiger partial charge in [0, 0.05) is 12.1 Å². The Bertz CT molecular complexity index is 181. The van der Waals surface area contributed by atoms with Gasteiger partial charge in [-0.1, -0.05) is 18.5 Å². The van der Waals surface area contributed by atoms with Crippen molar-refractivity contribution in [2.24, 2.45) is 0 Å². The zero-order chi connectivity index (χ0) is 9.40. The van der Waals surface area contributed by atoms with E-state index in [4.69, 9.17) is 16.9 Å². The van der Waals surface area contributed by atoms with Crippen LogP contribution in [0.3, 0.4) is 0 Å². The van der Waals surface area contributed by atoms with Crippen LogP contribution in [0.5, 0.6) is 0 Å². The van der Waals surface area contributed by atoms with Crippen molar-refractivity contribution in [3.63, 3.8) is 0 Å². The third-order valence-corrected chi connectivity index (χ3v) is 1.87. The first-order valence-electron chi connectivity index (χ1n) is 4.09. The van der Waals surface area contributed by atoms with E-state index >= 15 is 0 Å². The van der Waals surface area contributed by atoms with Crippen molar-refractivity contribution in [2.75, 3.05) is 19.6 Å². The largest absolute Gasteiger partial charge is 0.287 e. The van der Waals surface area contributed by atoms with E-state index in [0.29, 0.717) is 6.54 Å². The lowest BCUT2D eigenvalue weighted by Gasteiger charge is -2.17. The molecule has 0 bridgehead atoms. The van der Waals surface area contributed by atoms with Gasteiger partial charge in [-0.2, -0.15) is 5.26 Å². The highest BCUT2D eigenvalue weighted by molar-refractivity contribution is 6.25. The number of rotatable bonds is 5. The fourth-order valence-corrected chi connectivity index (χ4v) is 1.09. The summed E-state index contributed by atoms with van der Waals surface area (Å²) in [5, 5.41) is 8.50. The Balaban J connectivity index is 3.87. The molecule has 12 heavy (non-hydrogen) atoms. The summed E-state index contributed by atoms with van der Waals surface area (Å²) in [4.78, 5) is 2.08. The summed E-state index contributed by atoms with van der Waals surface area (Å²) < 4.78 is 0. The van der Waals surface area contributed by atoms with Gasteiger partial charge in [0.1, 0.15) is 0 Å². The van der Waals surface area contributed by atoms with Crippen molar-refractivity contribution < 1.29 is 0 Å². The Kier molecular flexibility index (Phi) is 6.84. The zero-order valence-electron chi connectivity index (χ0n) is 7.68. The van der Waals surface area contributed by atoms with Gasteiger partial charge in [0.25, 0.3) is 0 Å². The van der Waals surface area contributed by atoms with Crippen LogP contribution >= 0.6 is 11.6 Å². The molecule has 0 saturated carbocycles. The summed E-state index contributed by atoms with van der Waals surface area (Å²) >= 11 is 5.52. The zero-order valence-corrected chi connectivity index (χ0v) is 8.43. The Morgan fingerprint density at radius 2 is 2.33 bits per heavy atom. The lowest BCUT2D eigenvalue weighted by Crippen LogP contribution is -2.26. The Labute approximate surface area is 79.4 Å². The predicted molar refractivity (Wildman–Crippen MR) is 52.0 cm³/mol. The first-order valence-corrected chi connectivity index (χ1v) is 4.53. The molecule has 0 rings (SSSR count). The van der Waals surface area contributed by atoms with E-state index in [9.17, 15) is 0 Å². The minimum atomic E-state index is 0.482. The van der Waals surface area contributed by atoms with Crippen LogP contribution in [0.25, 0.3) is 0 Å². The van der Waals surface area contributed by atoms with Gasteiger partial charge < -0.3 is 0 Å². The van der Waals surface area contributed by atoms with Gasteiger partial charge in [-0.05, 0) is 25.5 Å². The van der Waals surface area contributed by atoms with E-state index in [0.717, 1.165) is 25.1 Å². The quantitative estimate of drug-likeness (QED) is 0.617. The summed E-state index contributed by atoms with van der Waals surface area (Å²) in [6, 6.07) is 2.14. The maximum atomic E-state index is 8.50. The molecule has 0 aliphatic carbocycles. The second kappa shape index (κ2) is 7.15. The summed E-state index contributed by atoms with van der Waals surface area (Å²) in [5.74, 6) is 0. The van der Waals surface area contributed by atoms with E-state index in [-0.39, 0.29) is 0 Å². The van der Waals surface area contributed by atoms with Crippen molar-refractivity contribution in [1.82, 2.24) is 4.90 Å². The third kappa shape index (κ3) is 5.17. The normalized spacial score (nSPS) is 11.8. The molecule has 0 aliphatic rings. The van der Waals surface area contributed by atoms with Crippen LogP contribution in [0.15, 0.2) is 11.1 Å². The van der Waals surface area contributed by atoms with Crippen LogP contribution in [0.4, 0.5) is 0 Å². The predicted octanol–water partition coefficient (Wildman–Crippen LogP) is 2.36. The van der Waals surface area contributed by atoms with Crippen LogP contribution in [-0.2, 0) is 0 Å². The first-order chi connectivity index (χ1) is 5.74. The average molecular weight is 187 g/mol. The van der Waals surface area contributed by atoms with E-state index in [1.165, 1.54) is 0 Å². The second-order valence-corrected chi connectivity index (χ2v) is 3.04. The van der Waals surface area contributed by atoms with Gasteiger partial charge in [0.05, 0.1) is 12.6 Å². The fourth-order valence-electron chi connectivity index (χ4n) is 1.02. The molecule has 0 aromatic heterocycles. The maximum absolute atomic E-state index is 8.50. The maximum Gasteiger partial charge on any atom is 0.0868 e. The standard InChI is InChI=1S/C9H15ClN2/c1-3-5-12(6-4-11)8-9(2)7-10/h7H,3,5-6,8H2,1-2H3. The van der Waals surface area contributed by atoms with Gasteiger partial charge in [-0.3, -0.25) is 4.90 Å². The van der Waals surface area contributed by atoms with Crippen LogP contribution in [0, 0.1) is 11.3 Å². The Morgan fingerprint density at radius 1 is 1.67 bits per heavy atom. The van der Waals surface area contributed by atoms with Gasteiger partial charge in [-0.15, -0.1) is 0 Å². The molecule has 0 aliphatic heterocycles. The van der Waals surface area contributed by atoms with Crippen molar-refractivity contribution >= 4 is 11.6 Å². The lowest BCUT2D eigenvalue weighted by atomic mass is 10.3. The molecule has 0 heterocycles. The Hall–Kier alpha value is -0.520. The van der Waals surface area contributed by atoms with Crippen LogP contribution in [0.1, 0.15) is 20.3 Å². The molecule has 0 radical (unpaired) electrons. The van der Waals surface area contributed by atoms with Crippen molar-refractivity contribution in [2.45, 2.75) is 20.3 Å². The topological polar surface area (TPSA) is 27.0 Å². The van der Waals surface area contributed by atoms with Crippen LogP contribution in [-0.4, -0.2) is 24.5 Å². The lowest BCUT2D eigenvalue weighted by molar-refractivity contribution is 0.332. The van der Waals surface area contributed by atoms with E-state index < -0.39 is 0 Å². The van der Waals surface area contributed by atoms with Crippen LogP contribution in [0.2, 0.25) is 0 Å². The molecule has 2 nitrogen and oxygen atoms in total. The highest BCUT2D eigenvalue weighted by atomic mass is 35.5. The SMILES string of the molecule is CCCN(CC#N)CC(C)=CCl. The summed E-state index contributed by atoms with van der Waals surface area (Å²) in [6.45, 7) is 6.30. The second-order valence-electron chi connectivity index (χ2n) is 2.82. The minimum absolute atomic E-state index is 0.482. The number of hydrogen-bond donors (Lipinski definition) is 0. The molecular formula is C9H15ClN2. The highest BCUT2D eigenvalue weighted by Crippen LogP contribution is 2.00. The fraction of sp³-hybridized carbons (Fsp3) is 0.667. The third-order valence-electron chi connectivity index (χ3n) is 1.49. The summed E-state index contributed by atoms with van der Waals surface area (Å²) in [7, 11) is 0. The van der Waals surface area contributed by atoms with Gasteiger partial charge in [-0.25, -0.2) is 0 Å².